The Morgan fingerprint density at radius 1 is 1.35 bits per heavy atom. The standard InChI is InChI=1S/C14H16N2O4/c1-2-19-7-8-20-14(18)12-9-11(15-16-12)10-5-3-4-6-13(10)17/h3-6,9,17H,2,7-8H2,1H3,(H,15,16). The zero-order valence-electron chi connectivity index (χ0n) is 11.1. The van der Waals surface area contributed by atoms with Gasteiger partial charge in [-0.1, -0.05) is 12.1 Å². The average Bonchev–Trinajstić information content (AvgIpc) is 2.93. The minimum atomic E-state index is -0.501. The molecule has 1 aromatic carbocycles. The SMILES string of the molecule is CCOCCOC(=O)c1cc(-c2ccccc2O)n[nH]1. The molecule has 2 rings (SSSR count). The van der Waals surface area contributed by atoms with Crippen LogP contribution in [0.1, 0.15) is 17.4 Å². The van der Waals surface area contributed by atoms with E-state index in [2.05, 4.69) is 10.2 Å². The lowest BCUT2D eigenvalue weighted by Gasteiger charge is -2.02. The second-order valence-electron chi connectivity index (χ2n) is 4.02. The van der Waals surface area contributed by atoms with E-state index in [9.17, 15) is 9.90 Å². The Hall–Kier alpha value is -2.34. The van der Waals surface area contributed by atoms with Crippen LogP contribution in [-0.4, -0.2) is 41.1 Å². The van der Waals surface area contributed by atoms with Crippen LogP contribution in [-0.2, 0) is 9.47 Å². The van der Waals surface area contributed by atoms with E-state index >= 15 is 0 Å². The van der Waals surface area contributed by atoms with Crippen LogP contribution in [0.25, 0.3) is 11.3 Å². The molecule has 0 aliphatic heterocycles. The number of hydrogen-bond acceptors (Lipinski definition) is 5. The first kappa shape index (κ1) is 14.1. The highest BCUT2D eigenvalue weighted by Gasteiger charge is 2.13. The number of benzene rings is 1. The van der Waals surface area contributed by atoms with Crippen molar-refractivity contribution in [3.05, 3.63) is 36.0 Å². The van der Waals surface area contributed by atoms with Gasteiger partial charge in [0.15, 0.2) is 0 Å². The summed E-state index contributed by atoms with van der Waals surface area (Å²) in [6.45, 7) is 3.01. The lowest BCUT2D eigenvalue weighted by Crippen LogP contribution is -2.11. The van der Waals surface area contributed by atoms with E-state index in [1.165, 1.54) is 6.07 Å². The number of nitrogens with zero attached hydrogens (tertiary/aromatic N) is 1. The Bertz CT molecular complexity index is 580. The first-order valence-corrected chi connectivity index (χ1v) is 6.31. The van der Waals surface area contributed by atoms with Gasteiger partial charge in [-0.25, -0.2) is 4.79 Å². The van der Waals surface area contributed by atoms with E-state index in [4.69, 9.17) is 9.47 Å². The van der Waals surface area contributed by atoms with Crippen molar-refractivity contribution in [3.8, 4) is 17.0 Å². The number of carbonyl (C=O) groups excluding carboxylic acids is 1. The maximum atomic E-state index is 11.7. The topological polar surface area (TPSA) is 84.4 Å². The Labute approximate surface area is 116 Å². The highest BCUT2D eigenvalue weighted by Crippen LogP contribution is 2.27. The van der Waals surface area contributed by atoms with Crippen LogP contribution in [0.5, 0.6) is 5.75 Å². The maximum Gasteiger partial charge on any atom is 0.356 e. The molecular formula is C14H16N2O4. The minimum absolute atomic E-state index is 0.107. The van der Waals surface area contributed by atoms with Crippen LogP contribution in [0.4, 0.5) is 0 Å². The third-order valence-electron chi connectivity index (χ3n) is 2.64. The smallest absolute Gasteiger partial charge is 0.356 e. The molecule has 20 heavy (non-hydrogen) atoms. The molecule has 0 aliphatic carbocycles. The molecule has 0 amide bonds. The second-order valence-corrected chi connectivity index (χ2v) is 4.02. The number of hydrogen-bond donors (Lipinski definition) is 2. The molecule has 6 nitrogen and oxygen atoms in total. The van der Waals surface area contributed by atoms with Gasteiger partial charge in [-0.2, -0.15) is 5.10 Å². The third-order valence-corrected chi connectivity index (χ3v) is 2.64. The number of para-hydroxylation sites is 1. The Kier molecular flexibility index (Phi) is 4.73. The minimum Gasteiger partial charge on any atom is -0.507 e. The monoisotopic (exact) mass is 276 g/mol. The Morgan fingerprint density at radius 2 is 2.15 bits per heavy atom. The molecule has 0 atom stereocenters. The van der Waals surface area contributed by atoms with E-state index in [1.54, 1.807) is 24.3 Å². The number of esters is 1. The van der Waals surface area contributed by atoms with Crippen LogP contribution >= 0.6 is 0 Å². The van der Waals surface area contributed by atoms with Crippen molar-refractivity contribution in [2.24, 2.45) is 0 Å². The molecule has 0 saturated heterocycles. The first-order valence-electron chi connectivity index (χ1n) is 6.31. The third kappa shape index (κ3) is 3.36. The maximum absolute atomic E-state index is 11.7. The summed E-state index contributed by atoms with van der Waals surface area (Å²) in [6, 6.07) is 8.32. The van der Waals surface area contributed by atoms with Crippen LogP contribution < -0.4 is 0 Å². The van der Waals surface area contributed by atoms with Crippen molar-refractivity contribution in [3.63, 3.8) is 0 Å². The molecular weight excluding hydrogens is 260 g/mol. The molecule has 1 aromatic heterocycles. The molecule has 1 heterocycles. The van der Waals surface area contributed by atoms with Crippen molar-refractivity contribution in [1.29, 1.82) is 0 Å². The number of carbonyl (C=O) groups is 1. The number of aromatic hydroxyl groups is 1. The molecule has 0 bridgehead atoms. The summed E-state index contributed by atoms with van der Waals surface area (Å²) in [6.07, 6.45) is 0. The summed E-state index contributed by atoms with van der Waals surface area (Å²) in [5.41, 5.74) is 1.27. The summed E-state index contributed by atoms with van der Waals surface area (Å²) in [4.78, 5) is 11.7. The van der Waals surface area contributed by atoms with Crippen LogP contribution in [0, 0.1) is 0 Å². The van der Waals surface area contributed by atoms with Gasteiger partial charge in [0.2, 0.25) is 0 Å². The van der Waals surface area contributed by atoms with Gasteiger partial charge in [-0.05, 0) is 25.1 Å². The van der Waals surface area contributed by atoms with Crippen molar-refractivity contribution in [2.45, 2.75) is 6.92 Å². The van der Waals surface area contributed by atoms with Crippen molar-refractivity contribution >= 4 is 5.97 Å². The van der Waals surface area contributed by atoms with Gasteiger partial charge < -0.3 is 14.6 Å². The fourth-order valence-electron chi connectivity index (χ4n) is 1.67. The zero-order chi connectivity index (χ0) is 14.4. The summed E-state index contributed by atoms with van der Waals surface area (Å²) in [5, 5.41) is 16.3. The normalized spacial score (nSPS) is 10.4. The Morgan fingerprint density at radius 3 is 2.90 bits per heavy atom. The van der Waals surface area contributed by atoms with E-state index in [-0.39, 0.29) is 18.1 Å². The predicted octanol–water partition coefficient (Wildman–Crippen LogP) is 1.98. The first-order chi connectivity index (χ1) is 9.72. The number of aromatic nitrogens is 2. The lowest BCUT2D eigenvalue weighted by molar-refractivity contribution is 0.0329. The van der Waals surface area contributed by atoms with E-state index in [1.807, 2.05) is 6.92 Å². The fraction of sp³-hybridized carbons (Fsp3) is 0.286. The van der Waals surface area contributed by atoms with Gasteiger partial charge in [0.1, 0.15) is 18.1 Å². The number of phenolic OH excluding ortho intramolecular Hbond substituents is 1. The predicted molar refractivity (Wildman–Crippen MR) is 72.5 cm³/mol. The largest absolute Gasteiger partial charge is 0.507 e. The van der Waals surface area contributed by atoms with E-state index < -0.39 is 5.97 Å². The number of H-pyrrole nitrogens is 1. The summed E-state index contributed by atoms with van der Waals surface area (Å²) in [5.74, 6) is -0.394. The van der Waals surface area contributed by atoms with Crippen molar-refractivity contribution in [2.75, 3.05) is 19.8 Å². The number of nitrogens with one attached hydrogen (secondary N) is 1. The molecule has 0 aliphatic rings. The number of aromatic amines is 1. The van der Waals surface area contributed by atoms with Crippen molar-refractivity contribution < 1.29 is 19.4 Å². The molecule has 2 aromatic rings. The molecule has 0 saturated carbocycles. The molecule has 106 valence electrons. The summed E-state index contributed by atoms with van der Waals surface area (Å²) in [7, 11) is 0. The second kappa shape index (κ2) is 6.72. The van der Waals surface area contributed by atoms with Gasteiger partial charge in [0, 0.05) is 12.2 Å². The zero-order valence-corrected chi connectivity index (χ0v) is 11.1. The van der Waals surface area contributed by atoms with E-state index in [0.29, 0.717) is 24.5 Å². The number of phenols is 1. The van der Waals surface area contributed by atoms with Gasteiger partial charge in [-0.15, -0.1) is 0 Å². The van der Waals surface area contributed by atoms with Crippen LogP contribution in [0.15, 0.2) is 30.3 Å². The average molecular weight is 276 g/mol. The fourth-order valence-corrected chi connectivity index (χ4v) is 1.67. The quantitative estimate of drug-likeness (QED) is 0.622. The summed E-state index contributed by atoms with van der Waals surface area (Å²) < 4.78 is 10.1. The van der Waals surface area contributed by atoms with Gasteiger partial charge >= 0.3 is 5.97 Å². The van der Waals surface area contributed by atoms with Gasteiger partial charge in [0.05, 0.1) is 12.3 Å². The van der Waals surface area contributed by atoms with Gasteiger partial charge in [0.25, 0.3) is 0 Å². The highest BCUT2D eigenvalue weighted by atomic mass is 16.6. The highest BCUT2D eigenvalue weighted by molar-refractivity contribution is 5.88. The molecule has 2 N–H and O–H groups in total. The lowest BCUT2D eigenvalue weighted by atomic mass is 10.1. The molecule has 0 unspecified atom stereocenters. The van der Waals surface area contributed by atoms with E-state index in [0.717, 1.165) is 0 Å². The van der Waals surface area contributed by atoms with Crippen LogP contribution in [0.3, 0.4) is 0 Å². The summed E-state index contributed by atoms with van der Waals surface area (Å²) >= 11 is 0. The number of ether oxygens (including phenoxy) is 2. The molecule has 0 radical (unpaired) electrons. The van der Waals surface area contributed by atoms with Crippen molar-refractivity contribution in [1.82, 2.24) is 10.2 Å². The molecule has 0 spiro atoms. The molecule has 0 fully saturated rings. The number of rotatable bonds is 6. The van der Waals surface area contributed by atoms with Crippen LogP contribution in [0.2, 0.25) is 0 Å². The molecule has 6 heteroatoms. The van der Waals surface area contributed by atoms with Gasteiger partial charge in [-0.3, -0.25) is 5.10 Å². The Balaban J connectivity index is 2.02.